The molecule has 144 valence electrons. The first kappa shape index (κ1) is 18.0. The number of aromatic nitrogens is 2. The maximum absolute atomic E-state index is 13.9. The van der Waals surface area contributed by atoms with Gasteiger partial charge in [0.2, 0.25) is 0 Å². The van der Waals surface area contributed by atoms with Crippen LogP contribution in [0.3, 0.4) is 0 Å². The van der Waals surface area contributed by atoms with E-state index in [0.29, 0.717) is 49.3 Å². The first-order valence-corrected chi connectivity index (χ1v) is 9.05. The first-order valence-electron chi connectivity index (χ1n) is 9.05. The van der Waals surface area contributed by atoms with Crippen molar-refractivity contribution in [3.05, 3.63) is 66.1 Å². The Balaban J connectivity index is 1.46. The van der Waals surface area contributed by atoms with E-state index in [4.69, 9.17) is 4.42 Å². The Kier molecular flexibility index (Phi) is 4.92. The SMILES string of the molecule is Cc1nc(Nc2ccccc2F)cc(N2CCN(C(=O)c3ccco3)CC2)n1. The molecular weight excluding hydrogens is 361 g/mol. The zero-order valence-corrected chi connectivity index (χ0v) is 15.4. The summed E-state index contributed by atoms with van der Waals surface area (Å²) in [6.07, 6.45) is 1.50. The molecule has 1 aliphatic heterocycles. The van der Waals surface area contributed by atoms with E-state index in [-0.39, 0.29) is 11.7 Å². The molecule has 28 heavy (non-hydrogen) atoms. The predicted octanol–water partition coefficient (Wildman–Crippen LogP) is 3.22. The molecule has 2 aromatic heterocycles. The van der Waals surface area contributed by atoms with Crippen molar-refractivity contribution in [3.63, 3.8) is 0 Å². The molecule has 1 N–H and O–H groups in total. The second kappa shape index (κ2) is 7.67. The lowest BCUT2D eigenvalue weighted by Crippen LogP contribution is -2.49. The largest absolute Gasteiger partial charge is 0.459 e. The summed E-state index contributed by atoms with van der Waals surface area (Å²) in [5, 5.41) is 3.01. The number of piperazine rings is 1. The minimum Gasteiger partial charge on any atom is -0.459 e. The molecule has 3 heterocycles. The molecule has 1 saturated heterocycles. The fourth-order valence-corrected chi connectivity index (χ4v) is 3.17. The van der Waals surface area contributed by atoms with Crippen molar-refractivity contribution in [2.75, 3.05) is 36.4 Å². The molecule has 0 spiro atoms. The van der Waals surface area contributed by atoms with Gasteiger partial charge in [0.05, 0.1) is 12.0 Å². The van der Waals surface area contributed by atoms with Crippen molar-refractivity contribution in [2.45, 2.75) is 6.92 Å². The molecule has 3 aromatic rings. The summed E-state index contributed by atoms with van der Waals surface area (Å²) in [6, 6.07) is 11.6. The van der Waals surface area contributed by atoms with Crippen molar-refractivity contribution >= 4 is 23.2 Å². The molecule has 0 aliphatic carbocycles. The van der Waals surface area contributed by atoms with Crippen LogP contribution in [0.1, 0.15) is 16.4 Å². The van der Waals surface area contributed by atoms with Gasteiger partial charge in [-0.25, -0.2) is 14.4 Å². The fraction of sp³-hybridized carbons (Fsp3) is 0.250. The van der Waals surface area contributed by atoms with Crippen molar-refractivity contribution in [3.8, 4) is 0 Å². The minimum absolute atomic E-state index is 0.106. The van der Waals surface area contributed by atoms with Crippen LogP contribution >= 0.6 is 0 Å². The lowest BCUT2D eigenvalue weighted by atomic mass is 10.2. The summed E-state index contributed by atoms with van der Waals surface area (Å²) < 4.78 is 19.1. The Labute approximate surface area is 161 Å². The molecule has 0 saturated carbocycles. The zero-order valence-electron chi connectivity index (χ0n) is 15.4. The van der Waals surface area contributed by atoms with Crippen molar-refractivity contribution in [1.82, 2.24) is 14.9 Å². The third-order valence-electron chi connectivity index (χ3n) is 4.58. The van der Waals surface area contributed by atoms with E-state index in [1.54, 1.807) is 48.2 Å². The zero-order chi connectivity index (χ0) is 19.5. The summed E-state index contributed by atoms with van der Waals surface area (Å²) in [7, 11) is 0. The fourth-order valence-electron chi connectivity index (χ4n) is 3.17. The van der Waals surface area contributed by atoms with Gasteiger partial charge in [-0.1, -0.05) is 12.1 Å². The molecule has 0 bridgehead atoms. The highest BCUT2D eigenvalue weighted by Crippen LogP contribution is 2.23. The molecule has 1 fully saturated rings. The number of anilines is 3. The summed E-state index contributed by atoms with van der Waals surface area (Å²) in [5.41, 5.74) is 0.361. The van der Waals surface area contributed by atoms with Gasteiger partial charge in [0.15, 0.2) is 5.76 Å². The van der Waals surface area contributed by atoms with Gasteiger partial charge >= 0.3 is 0 Å². The van der Waals surface area contributed by atoms with E-state index in [0.717, 1.165) is 5.82 Å². The maximum Gasteiger partial charge on any atom is 0.289 e. The van der Waals surface area contributed by atoms with Crippen LogP contribution in [-0.4, -0.2) is 47.0 Å². The normalized spacial score (nSPS) is 14.2. The van der Waals surface area contributed by atoms with Crippen LogP contribution in [0.4, 0.5) is 21.7 Å². The van der Waals surface area contributed by atoms with Crippen LogP contribution < -0.4 is 10.2 Å². The molecule has 1 amide bonds. The molecule has 1 aliphatic rings. The van der Waals surface area contributed by atoms with Crippen LogP contribution in [0.2, 0.25) is 0 Å². The lowest BCUT2D eigenvalue weighted by molar-refractivity contribution is 0.0714. The van der Waals surface area contributed by atoms with Gasteiger partial charge in [0.25, 0.3) is 5.91 Å². The molecule has 4 rings (SSSR count). The number of aryl methyl sites for hydroxylation is 1. The average molecular weight is 381 g/mol. The lowest BCUT2D eigenvalue weighted by Gasteiger charge is -2.35. The van der Waals surface area contributed by atoms with Gasteiger partial charge in [-0.3, -0.25) is 4.79 Å². The summed E-state index contributed by atoms with van der Waals surface area (Å²) in [5.74, 6) is 1.77. The number of hydrogen-bond donors (Lipinski definition) is 1. The number of carbonyl (C=O) groups excluding carboxylic acids is 1. The van der Waals surface area contributed by atoms with E-state index < -0.39 is 0 Å². The number of hydrogen-bond acceptors (Lipinski definition) is 6. The number of amides is 1. The van der Waals surface area contributed by atoms with Gasteiger partial charge in [0.1, 0.15) is 23.3 Å². The molecule has 8 heteroatoms. The predicted molar refractivity (Wildman–Crippen MR) is 103 cm³/mol. The second-order valence-electron chi connectivity index (χ2n) is 6.52. The summed E-state index contributed by atoms with van der Waals surface area (Å²) in [4.78, 5) is 25.1. The van der Waals surface area contributed by atoms with E-state index in [9.17, 15) is 9.18 Å². The van der Waals surface area contributed by atoms with Gasteiger partial charge < -0.3 is 19.5 Å². The van der Waals surface area contributed by atoms with Crippen LogP contribution in [0.25, 0.3) is 0 Å². The summed E-state index contributed by atoms with van der Waals surface area (Å²) in [6.45, 7) is 4.22. The molecule has 0 atom stereocenters. The first-order chi connectivity index (χ1) is 13.6. The number of nitrogens with zero attached hydrogens (tertiary/aromatic N) is 4. The number of furan rings is 1. The number of para-hydroxylation sites is 1. The number of rotatable bonds is 4. The smallest absolute Gasteiger partial charge is 0.289 e. The number of benzene rings is 1. The van der Waals surface area contributed by atoms with Crippen LogP contribution in [-0.2, 0) is 0 Å². The Bertz CT molecular complexity index is 968. The van der Waals surface area contributed by atoms with Gasteiger partial charge in [-0.15, -0.1) is 0 Å². The van der Waals surface area contributed by atoms with Crippen LogP contribution in [0.5, 0.6) is 0 Å². The number of halogens is 1. The average Bonchev–Trinajstić information content (AvgIpc) is 3.24. The van der Waals surface area contributed by atoms with E-state index in [1.165, 1.54) is 12.3 Å². The van der Waals surface area contributed by atoms with Crippen LogP contribution in [0, 0.1) is 12.7 Å². The maximum atomic E-state index is 13.9. The Morgan fingerprint density at radius 2 is 1.89 bits per heavy atom. The monoisotopic (exact) mass is 381 g/mol. The Hall–Kier alpha value is -3.42. The van der Waals surface area contributed by atoms with Gasteiger partial charge in [-0.05, 0) is 31.2 Å². The summed E-state index contributed by atoms with van der Waals surface area (Å²) >= 11 is 0. The molecule has 1 aromatic carbocycles. The highest BCUT2D eigenvalue weighted by Gasteiger charge is 2.24. The number of carbonyl (C=O) groups is 1. The van der Waals surface area contributed by atoms with E-state index in [2.05, 4.69) is 20.2 Å². The van der Waals surface area contributed by atoms with Crippen molar-refractivity contribution < 1.29 is 13.6 Å². The van der Waals surface area contributed by atoms with Crippen molar-refractivity contribution in [2.24, 2.45) is 0 Å². The van der Waals surface area contributed by atoms with Crippen molar-refractivity contribution in [1.29, 1.82) is 0 Å². The number of nitrogens with one attached hydrogen (secondary N) is 1. The Morgan fingerprint density at radius 1 is 1.11 bits per heavy atom. The van der Waals surface area contributed by atoms with Crippen LogP contribution in [0.15, 0.2) is 53.1 Å². The quantitative estimate of drug-likeness (QED) is 0.748. The van der Waals surface area contributed by atoms with E-state index in [1.807, 2.05) is 0 Å². The molecule has 0 unspecified atom stereocenters. The highest BCUT2D eigenvalue weighted by atomic mass is 19.1. The second-order valence-corrected chi connectivity index (χ2v) is 6.52. The standard InChI is InChI=1S/C20H20FN5O2/c1-14-22-18(24-16-6-3-2-5-15(16)21)13-19(23-14)25-8-10-26(11-9-25)20(27)17-7-4-12-28-17/h2-7,12-13H,8-11H2,1H3,(H,22,23,24). The van der Waals surface area contributed by atoms with Gasteiger partial charge in [0, 0.05) is 32.2 Å². The molecule has 0 radical (unpaired) electrons. The third-order valence-corrected chi connectivity index (χ3v) is 4.58. The highest BCUT2D eigenvalue weighted by molar-refractivity contribution is 5.91. The minimum atomic E-state index is -0.342. The Morgan fingerprint density at radius 3 is 2.61 bits per heavy atom. The molecule has 7 nitrogen and oxygen atoms in total. The molecular formula is C20H20FN5O2. The van der Waals surface area contributed by atoms with Gasteiger partial charge in [-0.2, -0.15) is 0 Å². The van der Waals surface area contributed by atoms with E-state index >= 15 is 0 Å². The topological polar surface area (TPSA) is 74.5 Å². The third kappa shape index (κ3) is 3.80.